The third kappa shape index (κ3) is 3.61. The van der Waals surface area contributed by atoms with E-state index in [1.807, 2.05) is 33.5 Å². The van der Waals surface area contributed by atoms with E-state index in [-0.39, 0.29) is 12.2 Å². The second kappa shape index (κ2) is 7.05. The van der Waals surface area contributed by atoms with Crippen molar-refractivity contribution < 1.29 is 13.6 Å². The summed E-state index contributed by atoms with van der Waals surface area (Å²) in [5, 5.41) is 0. The second-order valence-corrected chi connectivity index (χ2v) is 12.2. The van der Waals surface area contributed by atoms with Gasteiger partial charge in [0.1, 0.15) is 0 Å². The Labute approximate surface area is 160 Å². The minimum Gasteiger partial charge on any atom is -0.303 e. The minimum atomic E-state index is -3.20. The standard InChI is InChI=1S/C22H39O3P/c1-15(2)24-26(23,25-16(3)4)14-11-18-17-9-10-19-20(17)21(5,6)12-8-13-22(18,19)7/h11,14-20H,8-10,12-13H2,1-7H3/b14-11+/t17-,18+,19-,20-,22-/m1/s1. The predicted octanol–water partition coefficient (Wildman–Crippen LogP) is 7.03. The van der Waals surface area contributed by atoms with Crippen LogP contribution in [-0.2, 0) is 13.6 Å². The molecular formula is C22H39O3P. The van der Waals surface area contributed by atoms with Gasteiger partial charge in [-0.3, -0.25) is 4.57 Å². The zero-order valence-electron chi connectivity index (χ0n) is 17.8. The molecule has 0 aliphatic heterocycles. The van der Waals surface area contributed by atoms with E-state index in [0.717, 1.165) is 17.8 Å². The molecule has 0 heterocycles. The maximum absolute atomic E-state index is 13.3. The molecule has 4 heteroatoms. The monoisotopic (exact) mass is 382 g/mol. The molecule has 0 aromatic carbocycles. The molecule has 3 nitrogen and oxygen atoms in total. The fraction of sp³-hybridized carbons (Fsp3) is 0.909. The first kappa shape index (κ1) is 20.6. The summed E-state index contributed by atoms with van der Waals surface area (Å²) in [7, 11) is -3.20. The third-order valence-corrected chi connectivity index (χ3v) is 9.37. The molecule has 0 amide bonds. The summed E-state index contributed by atoms with van der Waals surface area (Å²) in [4.78, 5) is 0. The molecule has 3 saturated carbocycles. The smallest absolute Gasteiger partial charge is 0.303 e. The molecule has 0 unspecified atom stereocenters. The molecule has 3 aliphatic rings. The zero-order valence-corrected chi connectivity index (χ0v) is 18.7. The van der Waals surface area contributed by atoms with Gasteiger partial charge in [-0.15, -0.1) is 0 Å². The van der Waals surface area contributed by atoms with Gasteiger partial charge in [-0.2, -0.15) is 0 Å². The quantitative estimate of drug-likeness (QED) is 0.462. The largest absolute Gasteiger partial charge is 0.354 e. The van der Waals surface area contributed by atoms with E-state index in [1.54, 1.807) is 0 Å². The molecule has 5 atom stereocenters. The van der Waals surface area contributed by atoms with Crippen LogP contribution in [0, 0.1) is 34.5 Å². The van der Waals surface area contributed by atoms with Crippen molar-refractivity contribution in [3.63, 3.8) is 0 Å². The van der Waals surface area contributed by atoms with Crippen LogP contribution in [0.5, 0.6) is 0 Å². The number of allylic oxidation sites excluding steroid dienone is 1. The minimum absolute atomic E-state index is 0.110. The van der Waals surface area contributed by atoms with Crippen molar-refractivity contribution in [3.8, 4) is 0 Å². The second-order valence-electron chi connectivity index (χ2n) is 10.4. The molecule has 0 aromatic rings. The van der Waals surface area contributed by atoms with Crippen molar-refractivity contribution in [1.82, 2.24) is 0 Å². The summed E-state index contributed by atoms with van der Waals surface area (Å²) in [6, 6.07) is 0. The Bertz CT molecular complexity index is 580. The van der Waals surface area contributed by atoms with Gasteiger partial charge in [0, 0.05) is 5.82 Å². The average molecular weight is 383 g/mol. The Morgan fingerprint density at radius 2 is 1.62 bits per heavy atom. The van der Waals surface area contributed by atoms with E-state index in [9.17, 15) is 4.57 Å². The van der Waals surface area contributed by atoms with Gasteiger partial charge in [0.05, 0.1) is 12.2 Å². The van der Waals surface area contributed by atoms with Crippen molar-refractivity contribution >= 4 is 7.60 Å². The summed E-state index contributed by atoms with van der Waals surface area (Å²) >= 11 is 0. The first-order valence-electron chi connectivity index (χ1n) is 10.6. The summed E-state index contributed by atoms with van der Waals surface area (Å²) in [6.45, 7) is 15.1. The highest BCUT2D eigenvalue weighted by Gasteiger charge is 2.64. The van der Waals surface area contributed by atoms with E-state index >= 15 is 0 Å². The van der Waals surface area contributed by atoms with Gasteiger partial charge in [-0.25, -0.2) is 0 Å². The molecule has 0 saturated heterocycles. The molecule has 3 fully saturated rings. The van der Waals surface area contributed by atoms with E-state index < -0.39 is 7.60 Å². The maximum atomic E-state index is 13.3. The van der Waals surface area contributed by atoms with Crippen LogP contribution in [0.1, 0.15) is 80.6 Å². The Balaban J connectivity index is 1.89. The van der Waals surface area contributed by atoms with Crippen LogP contribution in [0.3, 0.4) is 0 Å². The summed E-state index contributed by atoms with van der Waals surface area (Å²) in [6.07, 6.45) is 8.68. The molecule has 0 radical (unpaired) electrons. The first-order valence-corrected chi connectivity index (χ1v) is 12.3. The van der Waals surface area contributed by atoms with Gasteiger partial charge >= 0.3 is 7.60 Å². The zero-order chi connectivity index (χ0) is 19.3. The Kier molecular flexibility index (Phi) is 5.59. The Morgan fingerprint density at radius 1 is 1.00 bits per heavy atom. The van der Waals surface area contributed by atoms with Crippen LogP contribution >= 0.6 is 7.60 Å². The lowest BCUT2D eigenvalue weighted by Crippen LogP contribution is -2.32. The molecule has 3 rings (SSSR count). The van der Waals surface area contributed by atoms with Gasteiger partial charge in [0.15, 0.2) is 0 Å². The highest BCUT2D eigenvalue weighted by molar-refractivity contribution is 7.57. The van der Waals surface area contributed by atoms with E-state index in [2.05, 4.69) is 26.8 Å². The molecule has 150 valence electrons. The summed E-state index contributed by atoms with van der Waals surface area (Å²) < 4.78 is 24.7. The van der Waals surface area contributed by atoms with Crippen LogP contribution in [0.25, 0.3) is 0 Å². The van der Waals surface area contributed by atoms with Gasteiger partial charge in [-0.05, 0) is 87.9 Å². The average Bonchev–Trinajstić information content (AvgIpc) is 2.95. The summed E-state index contributed by atoms with van der Waals surface area (Å²) in [5.41, 5.74) is 0.775. The molecule has 0 N–H and O–H groups in total. The van der Waals surface area contributed by atoms with E-state index in [0.29, 0.717) is 16.7 Å². The van der Waals surface area contributed by atoms with Crippen molar-refractivity contribution in [3.05, 3.63) is 11.9 Å². The molecule has 26 heavy (non-hydrogen) atoms. The van der Waals surface area contributed by atoms with E-state index in [1.165, 1.54) is 32.1 Å². The van der Waals surface area contributed by atoms with Crippen molar-refractivity contribution in [2.24, 2.45) is 34.5 Å². The number of hydrogen-bond acceptors (Lipinski definition) is 3. The molecule has 4 bridgehead atoms. The van der Waals surface area contributed by atoms with Crippen molar-refractivity contribution in [2.45, 2.75) is 92.8 Å². The van der Waals surface area contributed by atoms with Crippen LogP contribution < -0.4 is 0 Å². The molecule has 0 spiro atoms. The predicted molar refractivity (Wildman–Crippen MR) is 108 cm³/mol. The lowest BCUT2D eigenvalue weighted by molar-refractivity contribution is 0.119. The van der Waals surface area contributed by atoms with Crippen molar-refractivity contribution in [2.75, 3.05) is 0 Å². The first-order chi connectivity index (χ1) is 12.0. The fourth-order valence-corrected chi connectivity index (χ4v) is 8.48. The molecule has 0 aromatic heterocycles. The third-order valence-electron chi connectivity index (χ3n) is 7.41. The lowest BCUT2D eigenvalue weighted by atomic mass is 9.65. The molecule has 3 aliphatic carbocycles. The Morgan fingerprint density at radius 3 is 2.19 bits per heavy atom. The van der Waals surface area contributed by atoms with E-state index in [4.69, 9.17) is 9.05 Å². The van der Waals surface area contributed by atoms with Crippen LogP contribution in [-0.4, -0.2) is 12.2 Å². The Hall–Kier alpha value is -0.110. The van der Waals surface area contributed by atoms with Gasteiger partial charge < -0.3 is 9.05 Å². The highest BCUT2D eigenvalue weighted by atomic mass is 31.2. The number of hydrogen-bond donors (Lipinski definition) is 0. The van der Waals surface area contributed by atoms with Crippen LogP contribution in [0.15, 0.2) is 11.9 Å². The maximum Gasteiger partial charge on any atom is 0.354 e. The summed E-state index contributed by atoms with van der Waals surface area (Å²) in [5.74, 6) is 4.66. The van der Waals surface area contributed by atoms with Crippen molar-refractivity contribution in [1.29, 1.82) is 0 Å². The highest BCUT2D eigenvalue weighted by Crippen LogP contribution is 2.71. The SMILES string of the molecule is CC(C)OP(=O)(/C=C/[C@H]1[C@H]2CC[C@@H]3[C@@H]2C(C)(C)CCC[C@@]31C)OC(C)C. The van der Waals surface area contributed by atoms with Gasteiger partial charge in [0.25, 0.3) is 0 Å². The van der Waals surface area contributed by atoms with Gasteiger partial charge in [-0.1, -0.05) is 33.3 Å². The topological polar surface area (TPSA) is 35.5 Å². The van der Waals surface area contributed by atoms with Gasteiger partial charge in [0.2, 0.25) is 0 Å². The van der Waals surface area contributed by atoms with Crippen LogP contribution in [0.2, 0.25) is 0 Å². The molecular weight excluding hydrogens is 343 g/mol. The van der Waals surface area contributed by atoms with Crippen LogP contribution in [0.4, 0.5) is 0 Å². The normalized spacial score (nSPS) is 39.3. The lowest BCUT2D eigenvalue weighted by Gasteiger charge is -2.40. The fourth-order valence-electron chi connectivity index (χ4n) is 6.72. The number of rotatable bonds is 6.